The topological polar surface area (TPSA) is 87.2 Å². The Morgan fingerprint density at radius 2 is 1.64 bits per heavy atom. The molecule has 2 aromatic rings. The molecule has 1 atom stereocenters. The molecule has 14 heteroatoms. The molecule has 2 heterocycles. The molecule has 2 aliphatic heterocycles. The lowest BCUT2D eigenvalue weighted by molar-refractivity contribution is -0.141. The number of aliphatic hydroxyl groups is 1. The van der Waals surface area contributed by atoms with Crippen molar-refractivity contribution in [2.75, 3.05) is 32.8 Å². The molecule has 2 saturated heterocycles. The van der Waals surface area contributed by atoms with Crippen molar-refractivity contribution < 1.29 is 36.2 Å². The Balaban J connectivity index is 1.34. The molecule has 39 heavy (non-hydrogen) atoms. The Bertz CT molecular complexity index is 1290. The molecule has 0 spiro atoms. The molecule has 0 bridgehead atoms. The maximum atomic E-state index is 13.3. The highest BCUT2D eigenvalue weighted by Crippen LogP contribution is 2.40. The summed E-state index contributed by atoms with van der Waals surface area (Å²) in [6.07, 6.45) is -3.14. The van der Waals surface area contributed by atoms with Gasteiger partial charge < -0.3 is 14.7 Å². The predicted octanol–water partition coefficient (Wildman–Crippen LogP) is 5.35. The zero-order valence-electron chi connectivity index (χ0n) is 20.6. The van der Waals surface area contributed by atoms with E-state index in [2.05, 4.69) is 0 Å². The second kappa shape index (κ2) is 11.7. The summed E-state index contributed by atoms with van der Waals surface area (Å²) in [7, 11) is -4.33. The number of nitrogens with zero attached hydrogens (tertiary/aromatic N) is 2. The van der Waals surface area contributed by atoms with Gasteiger partial charge in [0.1, 0.15) is 11.5 Å². The Kier molecular flexibility index (Phi) is 9.12. The van der Waals surface area contributed by atoms with E-state index in [1.165, 1.54) is 0 Å². The first kappa shape index (κ1) is 30.4. The third kappa shape index (κ3) is 6.66. The summed E-state index contributed by atoms with van der Waals surface area (Å²) in [6.45, 7) is 0.356. The van der Waals surface area contributed by atoms with Gasteiger partial charge in [0.2, 0.25) is 15.9 Å². The van der Waals surface area contributed by atoms with Crippen molar-refractivity contribution in [3.63, 3.8) is 0 Å². The number of likely N-dealkylation sites (tertiary alicyclic amines) is 1. The molecule has 214 valence electrons. The number of hydrogen-bond acceptors (Lipinski definition) is 5. The van der Waals surface area contributed by atoms with Gasteiger partial charge in [0.25, 0.3) is 0 Å². The Labute approximate surface area is 239 Å². The van der Waals surface area contributed by atoms with E-state index in [4.69, 9.17) is 39.5 Å². The maximum absolute atomic E-state index is 13.3. The Morgan fingerprint density at radius 3 is 2.21 bits per heavy atom. The van der Waals surface area contributed by atoms with Crippen LogP contribution in [0, 0.1) is 0 Å². The molecule has 1 N–H and O–H groups in total. The van der Waals surface area contributed by atoms with Crippen LogP contribution in [0.1, 0.15) is 36.8 Å². The van der Waals surface area contributed by atoms with E-state index in [1.807, 2.05) is 0 Å². The fourth-order valence-corrected chi connectivity index (χ4v) is 7.90. The van der Waals surface area contributed by atoms with Crippen LogP contribution in [-0.2, 0) is 31.3 Å². The quantitative estimate of drug-likeness (QED) is 0.447. The SMILES string of the molecule is O=C(COCC1CCCN1S(=O)(=O)c1c(Cl)cc(C(F)(F)F)cc1Cl)N1CCC(O)(c2ccc(Cl)cc2)CC1. The number of sulfonamides is 1. The number of benzene rings is 2. The first-order chi connectivity index (χ1) is 18.2. The standard InChI is InChI=1S/C25H26Cl3F3N2O5S/c26-18-5-3-16(4-6-18)24(35)7-10-32(11-8-24)22(34)15-38-14-19-2-1-9-33(19)39(36,37)23-20(27)12-17(13-21(23)28)25(29,30)31/h3-6,12-13,19,35H,1-2,7-11,14-15H2. The highest BCUT2D eigenvalue weighted by molar-refractivity contribution is 7.89. The minimum atomic E-state index is -4.74. The van der Waals surface area contributed by atoms with Crippen molar-refractivity contribution in [3.8, 4) is 0 Å². The predicted molar refractivity (Wildman–Crippen MR) is 140 cm³/mol. The highest BCUT2D eigenvalue weighted by atomic mass is 35.5. The zero-order valence-corrected chi connectivity index (χ0v) is 23.6. The molecule has 1 unspecified atom stereocenters. The average molecular weight is 630 g/mol. The molecule has 0 aliphatic carbocycles. The first-order valence-electron chi connectivity index (χ1n) is 12.1. The number of amides is 1. The van der Waals surface area contributed by atoms with Gasteiger partial charge in [-0.05, 0) is 55.5 Å². The van der Waals surface area contributed by atoms with Gasteiger partial charge in [-0.15, -0.1) is 0 Å². The number of alkyl halides is 3. The molecule has 0 saturated carbocycles. The van der Waals surface area contributed by atoms with E-state index in [0.717, 1.165) is 9.87 Å². The van der Waals surface area contributed by atoms with E-state index in [-0.39, 0.29) is 25.7 Å². The monoisotopic (exact) mass is 628 g/mol. The van der Waals surface area contributed by atoms with Gasteiger partial charge in [-0.1, -0.05) is 46.9 Å². The number of piperidine rings is 1. The van der Waals surface area contributed by atoms with Crippen LogP contribution in [0.4, 0.5) is 13.2 Å². The van der Waals surface area contributed by atoms with Crippen molar-refractivity contribution in [1.29, 1.82) is 0 Å². The first-order valence-corrected chi connectivity index (χ1v) is 14.7. The number of ether oxygens (including phenoxy) is 1. The second-order valence-corrected chi connectivity index (χ2v) is 12.7. The van der Waals surface area contributed by atoms with Crippen molar-refractivity contribution in [2.45, 2.75) is 48.4 Å². The molecule has 2 fully saturated rings. The third-order valence-electron chi connectivity index (χ3n) is 7.08. The second-order valence-electron chi connectivity index (χ2n) is 9.61. The van der Waals surface area contributed by atoms with Crippen LogP contribution in [-0.4, -0.2) is 67.5 Å². The van der Waals surface area contributed by atoms with E-state index >= 15 is 0 Å². The Hall–Kier alpha value is -1.60. The number of carbonyl (C=O) groups excluding carboxylic acids is 1. The summed E-state index contributed by atoms with van der Waals surface area (Å²) < 4.78 is 72.5. The minimum absolute atomic E-state index is 0.0939. The van der Waals surface area contributed by atoms with Gasteiger partial charge in [0.05, 0.1) is 27.8 Å². The lowest BCUT2D eigenvalue weighted by Crippen LogP contribution is -2.46. The summed E-state index contributed by atoms with van der Waals surface area (Å²) in [4.78, 5) is 13.7. The van der Waals surface area contributed by atoms with Crippen molar-refractivity contribution >= 4 is 50.7 Å². The van der Waals surface area contributed by atoms with Crippen LogP contribution in [0.3, 0.4) is 0 Å². The molecular weight excluding hydrogens is 604 g/mol. The zero-order chi connectivity index (χ0) is 28.6. The van der Waals surface area contributed by atoms with Crippen LogP contribution >= 0.6 is 34.8 Å². The minimum Gasteiger partial charge on any atom is -0.385 e. The van der Waals surface area contributed by atoms with E-state index in [1.54, 1.807) is 29.2 Å². The van der Waals surface area contributed by atoms with Gasteiger partial charge >= 0.3 is 6.18 Å². The molecular formula is C25H26Cl3F3N2O5S. The van der Waals surface area contributed by atoms with E-state index in [0.29, 0.717) is 55.9 Å². The van der Waals surface area contributed by atoms with Gasteiger partial charge in [-0.25, -0.2) is 8.42 Å². The van der Waals surface area contributed by atoms with Crippen LogP contribution in [0.15, 0.2) is 41.3 Å². The molecule has 0 aromatic heterocycles. The fraction of sp³-hybridized carbons (Fsp3) is 0.480. The van der Waals surface area contributed by atoms with Gasteiger partial charge in [0, 0.05) is 30.7 Å². The van der Waals surface area contributed by atoms with Gasteiger partial charge in [-0.2, -0.15) is 17.5 Å². The molecule has 0 radical (unpaired) electrons. The summed E-state index contributed by atoms with van der Waals surface area (Å²) in [5, 5.41) is 10.3. The maximum Gasteiger partial charge on any atom is 0.416 e. The third-order valence-corrected chi connectivity index (χ3v) is 10.2. The largest absolute Gasteiger partial charge is 0.416 e. The van der Waals surface area contributed by atoms with E-state index in [9.17, 15) is 31.5 Å². The summed E-state index contributed by atoms with van der Waals surface area (Å²) >= 11 is 17.8. The summed E-state index contributed by atoms with van der Waals surface area (Å²) in [5.41, 5.74) is -1.49. The average Bonchev–Trinajstić information content (AvgIpc) is 3.33. The molecule has 2 aliphatic rings. The molecule has 2 aromatic carbocycles. The van der Waals surface area contributed by atoms with Crippen LogP contribution in [0.5, 0.6) is 0 Å². The number of rotatable bonds is 7. The van der Waals surface area contributed by atoms with E-state index < -0.39 is 48.3 Å². The van der Waals surface area contributed by atoms with Gasteiger partial charge in [-0.3, -0.25) is 4.79 Å². The number of hydrogen-bond donors (Lipinski definition) is 1. The summed E-state index contributed by atoms with van der Waals surface area (Å²) in [6, 6.07) is 7.34. The Morgan fingerprint density at radius 1 is 1.05 bits per heavy atom. The van der Waals surface area contributed by atoms with Crippen LogP contribution < -0.4 is 0 Å². The molecule has 1 amide bonds. The fourth-order valence-electron chi connectivity index (χ4n) is 4.93. The van der Waals surface area contributed by atoms with Crippen LogP contribution in [0.25, 0.3) is 0 Å². The van der Waals surface area contributed by atoms with Crippen LogP contribution in [0.2, 0.25) is 15.1 Å². The molecule has 4 rings (SSSR count). The van der Waals surface area contributed by atoms with Gasteiger partial charge in [0.15, 0.2) is 0 Å². The highest BCUT2D eigenvalue weighted by Gasteiger charge is 2.40. The van der Waals surface area contributed by atoms with Crippen molar-refractivity contribution in [1.82, 2.24) is 9.21 Å². The molecule has 7 nitrogen and oxygen atoms in total. The number of halogens is 6. The number of carbonyl (C=O) groups is 1. The summed E-state index contributed by atoms with van der Waals surface area (Å²) in [5.74, 6) is -0.297. The lowest BCUT2D eigenvalue weighted by Gasteiger charge is -2.38. The lowest BCUT2D eigenvalue weighted by atomic mass is 9.84. The smallest absolute Gasteiger partial charge is 0.385 e. The van der Waals surface area contributed by atoms with Crippen molar-refractivity contribution in [2.24, 2.45) is 0 Å². The van der Waals surface area contributed by atoms with Crippen molar-refractivity contribution in [3.05, 3.63) is 62.6 Å². The normalized spacial score (nSPS) is 20.4.